The van der Waals surface area contributed by atoms with Gasteiger partial charge in [0.05, 0.1) is 0 Å². The van der Waals surface area contributed by atoms with Gasteiger partial charge in [0.25, 0.3) is 0 Å². The van der Waals surface area contributed by atoms with Crippen LogP contribution in [0.1, 0.15) is 12.5 Å². The Morgan fingerprint density at radius 2 is 2.21 bits per heavy atom. The van der Waals surface area contributed by atoms with E-state index in [4.69, 9.17) is 0 Å². The van der Waals surface area contributed by atoms with E-state index in [9.17, 15) is 0 Å². The summed E-state index contributed by atoms with van der Waals surface area (Å²) in [6, 6.07) is 2.54. The number of aromatic nitrogens is 1. The van der Waals surface area contributed by atoms with Gasteiger partial charge in [-0.05, 0) is 39.6 Å². The lowest BCUT2D eigenvalue weighted by Crippen LogP contribution is -2.31. The minimum atomic E-state index is 0.530. The molecule has 0 aromatic carbocycles. The van der Waals surface area contributed by atoms with Crippen molar-refractivity contribution in [3.8, 4) is 0 Å². The number of hydrogen-bond donors (Lipinski definition) is 1. The van der Waals surface area contributed by atoms with Crippen LogP contribution in [-0.2, 0) is 0 Å². The molecule has 1 heterocycles. The quantitative estimate of drug-likeness (QED) is 0.789. The van der Waals surface area contributed by atoms with Gasteiger partial charge in [-0.25, -0.2) is 0 Å². The fraction of sp³-hybridized carbons (Fsp3) is 0.545. The van der Waals surface area contributed by atoms with E-state index in [-0.39, 0.29) is 0 Å². The van der Waals surface area contributed by atoms with E-state index in [1.54, 1.807) is 0 Å². The summed E-state index contributed by atoms with van der Waals surface area (Å²) in [5, 5.41) is 3.41. The Morgan fingerprint density at radius 3 is 2.79 bits per heavy atom. The van der Waals surface area contributed by atoms with Crippen LogP contribution < -0.4 is 5.32 Å². The maximum Gasteiger partial charge on any atom is 0.0401 e. The molecule has 0 radical (unpaired) electrons. The number of nitrogens with zero attached hydrogens (tertiary/aromatic N) is 2. The first-order valence-corrected chi connectivity index (χ1v) is 4.92. The summed E-state index contributed by atoms with van der Waals surface area (Å²) in [7, 11) is 4.18. The molecule has 1 unspecified atom stereocenters. The van der Waals surface area contributed by atoms with Gasteiger partial charge in [0.1, 0.15) is 0 Å². The van der Waals surface area contributed by atoms with E-state index in [0.717, 1.165) is 6.54 Å². The summed E-state index contributed by atoms with van der Waals surface area (Å²) in [6.07, 6.45) is 3.69. The van der Waals surface area contributed by atoms with Gasteiger partial charge in [0.2, 0.25) is 0 Å². The molecule has 1 rings (SSSR count). The van der Waals surface area contributed by atoms with Gasteiger partial charge in [0, 0.05) is 30.7 Å². The molecule has 3 heteroatoms. The summed E-state index contributed by atoms with van der Waals surface area (Å²) in [4.78, 5) is 6.25. The van der Waals surface area contributed by atoms with Gasteiger partial charge < -0.3 is 10.2 Å². The van der Waals surface area contributed by atoms with Crippen molar-refractivity contribution in [3.05, 3.63) is 24.0 Å². The third-order valence-corrected chi connectivity index (χ3v) is 2.49. The predicted molar refractivity (Wildman–Crippen MR) is 60.6 cm³/mol. The minimum Gasteiger partial charge on any atom is -0.383 e. The Morgan fingerprint density at radius 1 is 1.50 bits per heavy atom. The Balaban J connectivity index is 2.50. The number of hydrogen-bond acceptors (Lipinski definition) is 3. The maximum absolute atomic E-state index is 4.06. The summed E-state index contributed by atoms with van der Waals surface area (Å²) >= 11 is 0. The van der Waals surface area contributed by atoms with Crippen LogP contribution in [0.5, 0.6) is 0 Å². The van der Waals surface area contributed by atoms with Crippen molar-refractivity contribution >= 4 is 5.69 Å². The van der Waals surface area contributed by atoms with Gasteiger partial charge in [0.15, 0.2) is 0 Å². The second-order valence-electron chi connectivity index (χ2n) is 3.88. The monoisotopic (exact) mass is 193 g/mol. The van der Waals surface area contributed by atoms with Gasteiger partial charge in [-0.15, -0.1) is 0 Å². The zero-order chi connectivity index (χ0) is 10.6. The number of nitrogens with one attached hydrogen (secondary N) is 1. The van der Waals surface area contributed by atoms with Gasteiger partial charge in [-0.1, -0.05) is 0 Å². The molecule has 78 valence electrons. The molecule has 1 aromatic rings. The van der Waals surface area contributed by atoms with E-state index < -0.39 is 0 Å². The third kappa shape index (κ3) is 3.00. The molecule has 0 saturated carbocycles. The Labute approximate surface area is 86.2 Å². The van der Waals surface area contributed by atoms with Crippen molar-refractivity contribution < 1.29 is 0 Å². The average Bonchev–Trinajstić information content (AvgIpc) is 2.16. The number of pyridine rings is 1. The van der Waals surface area contributed by atoms with Crippen molar-refractivity contribution in [3.63, 3.8) is 0 Å². The van der Waals surface area contributed by atoms with Crippen molar-refractivity contribution in [2.45, 2.75) is 19.9 Å². The molecule has 0 amide bonds. The molecular formula is C11H19N3. The fourth-order valence-electron chi connectivity index (χ4n) is 1.11. The maximum atomic E-state index is 4.06. The topological polar surface area (TPSA) is 28.2 Å². The molecule has 3 nitrogen and oxygen atoms in total. The second-order valence-corrected chi connectivity index (χ2v) is 3.88. The summed E-state index contributed by atoms with van der Waals surface area (Å²) in [5.74, 6) is 0. The van der Waals surface area contributed by atoms with Crippen molar-refractivity contribution in [1.82, 2.24) is 9.88 Å². The number of anilines is 1. The van der Waals surface area contributed by atoms with Crippen LogP contribution >= 0.6 is 0 Å². The molecule has 0 aliphatic heterocycles. The molecule has 1 N–H and O–H groups in total. The lowest BCUT2D eigenvalue weighted by molar-refractivity contribution is 0.326. The van der Waals surface area contributed by atoms with Gasteiger partial charge in [-0.2, -0.15) is 0 Å². The van der Waals surface area contributed by atoms with Crippen LogP contribution in [0.4, 0.5) is 5.69 Å². The van der Waals surface area contributed by atoms with Crippen molar-refractivity contribution in [1.29, 1.82) is 0 Å². The molecule has 14 heavy (non-hydrogen) atoms. The highest BCUT2D eigenvalue weighted by Gasteiger charge is 2.04. The number of likely N-dealkylation sites (N-methyl/N-ethyl adjacent to an activating group) is 1. The first-order chi connectivity index (χ1) is 6.61. The van der Waals surface area contributed by atoms with Crippen LogP contribution in [0.3, 0.4) is 0 Å². The van der Waals surface area contributed by atoms with Gasteiger partial charge in [-0.3, -0.25) is 4.98 Å². The van der Waals surface area contributed by atoms with Crippen molar-refractivity contribution in [2.75, 3.05) is 26.0 Å². The third-order valence-electron chi connectivity index (χ3n) is 2.49. The molecule has 0 spiro atoms. The summed E-state index contributed by atoms with van der Waals surface area (Å²) in [5.41, 5.74) is 2.37. The van der Waals surface area contributed by atoms with Crippen LogP contribution in [-0.4, -0.2) is 36.6 Å². The molecule has 1 atom stereocenters. The van der Waals surface area contributed by atoms with Crippen LogP contribution in [0, 0.1) is 6.92 Å². The molecule has 0 bridgehead atoms. The molecular weight excluding hydrogens is 174 g/mol. The van der Waals surface area contributed by atoms with E-state index in [2.05, 4.69) is 43.1 Å². The number of rotatable bonds is 4. The molecule has 0 fully saturated rings. The first kappa shape index (κ1) is 11.0. The molecule has 0 saturated heterocycles. The van der Waals surface area contributed by atoms with Gasteiger partial charge >= 0.3 is 0 Å². The first-order valence-electron chi connectivity index (χ1n) is 4.92. The minimum absolute atomic E-state index is 0.530. The standard InChI is InChI=1S/C11H19N3/c1-9-7-12-6-5-11(9)13-8-10(2)14(3)4/h5-7,10H,8H2,1-4H3,(H,12,13). The lowest BCUT2D eigenvalue weighted by atomic mass is 10.2. The highest BCUT2D eigenvalue weighted by Crippen LogP contribution is 2.11. The Hall–Kier alpha value is -1.09. The summed E-state index contributed by atoms with van der Waals surface area (Å²) in [6.45, 7) is 5.22. The highest BCUT2D eigenvalue weighted by molar-refractivity contribution is 5.48. The lowest BCUT2D eigenvalue weighted by Gasteiger charge is -2.21. The van der Waals surface area contributed by atoms with Crippen LogP contribution in [0.2, 0.25) is 0 Å². The Kier molecular flexibility index (Phi) is 3.89. The zero-order valence-corrected chi connectivity index (χ0v) is 9.41. The molecule has 0 aliphatic rings. The van der Waals surface area contributed by atoms with E-state index in [1.807, 2.05) is 18.5 Å². The van der Waals surface area contributed by atoms with E-state index >= 15 is 0 Å². The fourth-order valence-corrected chi connectivity index (χ4v) is 1.11. The highest BCUT2D eigenvalue weighted by atomic mass is 15.1. The normalized spacial score (nSPS) is 12.9. The summed E-state index contributed by atoms with van der Waals surface area (Å²) < 4.78 is 0. The van der Waals surface area contributed by atoms with Crippen molar-refractivity contribution in [2.24, 2.45) is 0 Å². The molecule has 1 aromatic heterocycles. The number of aryl methyl sites for hydroxylation is 1. The van der Waals surface area contributed by atoms with E-state index in [1.165, 1.54) is 11.3 Å². The average molecular weight is 193 g/mol. The molecule has 0 aliphatic carbocycles. The Bertz CT molecular complexity index is 284. The predicted octanol–water partition coefficient (Wildman–Crippen LogP) is 1.75. The van der Waals surface area contributed by atoms with Crippen LogP contribution in [0.25, 0.3) is 0 Å². The zero-order valence-electron chi connectivity index (χ0n) is 9.41. The second kappa shape index (κ2) is 4.96. The van der Waals surface area contributed by atoms with Crippen LogP contribution in [0.15, 0.2) is 18.5 Å². The van der Waals surface area contributed by atoms with E-state index in [0.29, 0.717) is 6.04 Å². The SMILES string of the molecule is Cc1cnccc1NCC(C)N(C)C. The largest absolute Gasteiger partial charge is 0.383 e. The smallest absolute Gasteiger partial charge is 0.0401 e.